The number of halogens is 3. The van der Waals surface area contributed by atoms with Gasteiger partial charge >= 0.3 is 11.9 Å². The van der Waals surface area contributed by atoms with Crippen molar-refractivity contribution in [2.45, 2.75) is 13.1 Å². The molecule has 2 aromatic heterocycles. The van der Waals surface area contributed by atoms with E-state index in [1.807, 2.05) is 0 Å². The second-order valence-corrected chi connectivity index (χ2v) is 5.90. The van der Waals surface area contributed by atoms with Crippen molar-refractivity contribution < 1.29 is 33.0 Å². The highest BCUT2D eigenvalue weighted by molar-refractivity contribution is 5.71. The third kappa shape index (κ3) is 3.59. The molecule has 0 fully saturated rings. The molecule has 3 aromatic rings. The van der Waals surface area contributed by atoms with Gasteiger partial charge in [0, 0.05) is 30.8 Å². The summed E-state index contributed by atoms with van der Waals surface area (Å²) in [7, 11) is 0. The predicted molar refractivity (Wildman–Crippen MR) is 91.6 cm³/mol. The summed E-state index contributed by atoms with van der Waals surface area (Å²) in [5.41, 5.74) is -2.30. The highest BCUT2D eigenvalue weighted by atomic mass is 19.4. The zero-order valence-corrected chi connectivity index (χ0v) is 14.5. The van der Waals surface area contributed by atoms with Crippen molar-refractivity contribution in [1.29, 1.82) is 0 Å². The molecule has 0 spiro atoms. The molecule has 0 bridgehead atoms. The number of phenols is 2. The van der Waals surface area contributed by atoms with E-state index < -0.39 is 34.0 Å². The zero-order chi connectivity index (χ0) is 21.5. The van der Waals surface area contributed by atoms with Crippen molar-refractivity contribution in [2.24, 2.45) is 0 Å². The van der Waals surface area contributed by atoms with Crippen LogP contribution in [-0.2, 0) is 6.18 Å². The molecule has 0 aliphatic heterocycles. The van der Waals surface area contributed by atoms with Gasteiger partial charge in [0.25, 0.3) is 5.69 Å². The SMILES string of the molecule is Cc1c(-c2nccc(-c3cc(O)c(O)c([N+](=O)[O-])c3)n2)ccc(C(F)(F)F)[n+]1[O-]. The Hall–Kier alpha value is -3.96. The molecule has 29 heavy (non-hydrogen) atoms. The molecular weight excluding hydrogens is 397 g/mol. The average Bonchev–Trinajstić information content (AvgIpc) is 2.64. The first-order valence-electron chi connectivity index (χ1n) is 7.85. The second-order valence-electron chi connectivity index (χ2n) is 5.90. The molecule has 0 amide bonds. The van der Waals surface area contributed by atoms with Crippen molar-refractivity contribution in [3.8, 4) is 34.1 Å². The van der Waals surface area contributed by atoms with E-state index in [0.717, 1.165) is 18.2 Å². The quantitative estimate of drug-likeness (QED) is 0.223. The molecule has 0 saturated carbocycles. The number of benzene rings is 1. The van der Waals surface area contributed by atoms with E-state index in [-0.39, 0.29) is 33.1 Å². The van der Waals surface area contributed by atoms with Crippen molar-refractivity contribution in [1.82, 2.24) is 9.97 Å². The van der Waals surface area contributed by atoms with Gasteiger partial charge in [-0.25, -0.2) is 9.97 Å². The minimum atomic E-state index is -4.84. The highest BCUT2D eigenvalue weighted by Gasteiger charge is 2.40. The Morgan fingerprint density at radius 1 is 1.17 bits per heavy atom. The first-order valence-corrected chi connectivity index (χ1v) is 7.85. The predicted octanol–water partition coefficient (Wildman–Crippen LogP) is 3.09. The minimum Gasteiger partial charge on any atom is -0.618 e. The molecule has 150 valence electrons. The smallest absolute Gasteiger partial charge is 0.478 e. The average molecular weight is 408 g/mol. The van der Waals surface area contributed by atoms with Crippen LogP contribution < -0.4 is 4.73 Å². The minimum absolute atomic E-state index is 0.0207. The van der Waals surface area contributed by atoms with Gasteiger partial charge in [0.05, 0.1) is 16.2 Å². The number of phenolic OH excluding ortho intramolecular Hbond substituents is 2. The number of rotatable bonds is 3. The van der Waals surface area contributed by atoms with E-state index in [0.29, 0.717) is 6.07 Å². The maximum absolute atomic E-state index is 12.9. The maximum atomic E-state index is 12.9. The Kier molecular flexibility index (Phi) is 4.70. The van der Waals surface area contributed by atoms with Crippen LogP contribution in [0.15, 0.2) is 36.5 Å². The topological polar surface area (TPSA) is 136 Å². The second kappa shape index (κ2) is 6.89. The van der Waals surface area contributed by atoms with Gasteiger partial charge in [-0.05, 0) is 18.2 Å². The molecule has 2 N–H and O–H groups in total. The summed E-state index contributed by atoms with van der Waals surface area (Å²) in [5.74, 6) is -1.77. The highest BCUT2D eigenvalue weighted by Crippen LogP contribution is 2.39. The molecule has 3 rings (SSSR count). The van der Waals surface area contributed by atoms with E-state index in [4.69, 9.17) is 0 Å². The van der Waals surface area contributed by atoms with Crippen LogP contribution in [-0.4, -0.2) is 25.1 Å². The number of nitro groups is 1. The van der Waals surface area contributed by atoms with E-state index in [2.05, 4.69) is 9.97 Å². The lowest BCUT2D eigenvalue weighted by atomic mass is 10.1. The lowest BCUT2D eigenvalue weighted by Crippen LogP contribution is -2.40. The van der Waals surface area contributed by atoms with E-state index >= 15 is 0 Å². The van der Waals surface area contributed by atoms with Gasteiger partial charge in [-0.1, -0.05) is 0 Å². The Labute approximate surface area is 160 Å². The molecule has 1 aromatic carbocycles. The third-order valence-electron chi connectivity index (χ3n) is 4.07. The van der Waals surface area contributed by atoms with Crippen LogP contribution in [0.2, 0.25) is 0 Å². The van der Waals surface area contributed by atoms with E-state index in [1.54, 1.807) is 0 Å². The van der Waals surface area contributed by atoms with Gasteiger partial charge in [0.1, 0.15) is 0 Å². The van der Waals surface area contributed by atoms with Gasteiger partial charge in [-0.2, -0.15) is 17.9 Å². The normalized spacial score (nSPS) is 11.4. The van der Waals surface area contributed by atoms with E-state index in [1.165, 1.54) is 19.2 Å². The number of alkyl halides is 3. The monoisotopic (exact) mass is 408 g/mol. The Morgan fingerprint density at radius 3 is 2.48 bits per heavy atom. The molecule has 0 aliphatic rings. The molecule has 12 heteroatoms. The fraction of sp³-hybridized carbons (Fsp3) is 0.118. The van der Waals surface area contributed by atoms with Crippen molar-refractivity contribution in [3.05, 3.63) is 63.2 Å². The first-order chi connectivity index (χ1) is 13.5. The van der Waals surface area contributed by atoms with Crippen LogP contribution in [0.5, 0.6) is 11.5 Å². The number of nitrogens with zero attached hydrogens (tertiary/aromatic N) is 4. The zero-order valence-electron chi connectivity index (χ0n) is 14.5. The lowest BCUT2D eigenvalue weighted by Gasteiger charge is -2.12. The summed E-state index contributed by atoms with van der Waals surface area (Å²) in [4.78, 5) is 18.2. The molecule has 0 radical (unpaired) electrons. The summed E-state index contributed by atoms with van der Waals surface area (Å²) in [6.45, 7) is 1.17. The number of hydrogen-bond donors (Lipinski definition) is 2. The number of hydrogen-bond acceptors (Lipinski definition) is 7. The summed E-state index contributed by atoms with van der Waals surface area (Å²) in [6, 6.07) is 4.98. The lowest BCUT2D eigenvalue weighted by molar-refractivity contribution is -0.635. The van der Waals surface area contributed by atoms with Crippen molar-refractivity contribution in [3.63, 3.8) is 0 Å². The molecule has 9 nitrogen and oxygen atoms in total. The Morgan fingerprint density at radius 2 is 1.86 bits per heavy atom. The third-order valence-corrected chi connectivity index (χ3v) is 4.07. The van der Waals surface area contributed by atoms with Crippen molar-refractivity contribution in [2.75, 3.05) is 0 Å². The fourth-order valence-corrected chi connectivity index (χ4v) is 2.63. The number of aromatic hydroxyl groups is 2. The molecule has 2 heterocycles. The van der Waals surface area contributed by atoms with Gasteiger partial charge < -0.3 is 15.4 Å². The van der Waals surface area contributed by atoms with Crippen LogP contribution in [0.1, 0.15) is 11.4 Å². The number of pyridine rings is 1. The Bertz CT molecular complexity index is 1130. The van der Waals surface area contributed by atoms with Crippen LogP contribution in [0.3, 0.4) is 0 Å². The molecule has 0 aliphatic carbocycles. The molecule has 0 saturated heterocycles. The van der Waals surface area contributed by atoms with Crippen molar-refractivity contribution >= 4 is 5.69 Å². The maximum Gasteiger partial charge on any atom is 0.478 e. The summed E-state index contributed by atoms with van der Waals surface area (Å²) >= 11 is 0. The van der Waals surface area contributed by atoms with E-state index in [9.17, 15) is 38.7 Å². The standard InChI is InChI=1S/C17H11F3N4O5/c1-8-10(2-3-14(23(8)27)17(18,19)20)16-21-5-4-11(22-16)9-6-12(24(28)29)15(26)13(25)7-9/h2-7,25-26H,1H3. The van der Waals surface area contributed by atoms with Crippen LogP contribution in [0, 0.1) is 22.2 Å². The fourth-order valence-electron chi connectivity index (χ4n) is 2.63. The molecule has 0 atom stereocenters. The van der Waals surface area contributed by atoms with Gasteiger partial charge in [-0.15, -0.1) is 0 Å². The van der Waals surface area contributed by atoms with Gasteiger partial charge in [0.15, 0.2) is 11.6 Å². The molecular formula is C17H11F3N4O5. The van der Waals surface area contributed by atoms with Crippen LogP contribution in [0.25, 0.3) is 22.6 Å². The van der Waals surface area contributed by atoms with Gasteiger partial charge in [0.2, 0.25) is 11.4 Å². The van der Waals surface area contributed by atoms with Gasteiger partial charge in [-0.3, -0.25) is 10.1 Å². The summed E-state index contributed by atoms with van der Waals surface area (Å²) < 4.78 is 38.3. The Balaban J connectivity index is 2.13. The number of nitro benzene ring substituents is 1. The molecule has 0 unspecified atom stereocenters. The largest absolute Gasteiger partial charge is 0.618 e. The van der Waals surface area contributed by atoms with Crippen LogP contribution >= 0.6 is 0 Å². The summed E-state index contributed by atoms with van der Waals surface area (Å²) in [6.07, 6.45) is -3.60. The summed E-state index contributed by atoms with van der Waals surface area (Å²) in [5, 5.41) is 42.3. The van der Waals surface area contributed by atoms with Crippen LogP contribution in [0.4, 0.5) is 18.9 Å². The number of aromatic nitrogens is 3. The first kappa shape index (κ1) is 19.8.